The van der Waals surface area contributed by atoms with Crippen LogP contribution in [0.25, 0.3) is 11.0 Å². The number of esters is 1. The zero-order valence-corrected chi connectivity index (χ0v) is 11.1. The van der Waals surface area contributed by atoms with Crippen molar-refractivity contribution in [1.82, 2.24) is 14.8 Å². The van der Waals surface area contributed by atoms with Gasteiger partial charge in [-0.15, -0.1) is 5.10 Å². The van der Waals surface area contributed by atoms with E-state index >= 15 is 0 Å². The van der Waals surface area contributed by atoms with Crippen molar-refractivity contribution in [2.24, 2.45) is 0 Å². The van der Waals surface area contributed by atoms with E-state index in [4.69, 9.17) is 14.4 Å². The van der Waals surface area contributed by atoms with Crippen LogP contribution in [0.5, 0.6) is 0 Å². The Labute approximate surface area is 119 Å². The highest BCUT2D eigenvalue weighted by molar-refractivity contribution is 5.96. The summed E-state index contributed by atoms with van der Waals surface area (Å²) in [5.74, 6) is -0.350. The second-order valence-electron chi connectivity index (χ2n) is 4.28. The quantitative estimate of drug-likeness (QED) is 0.679. The minimum atomic E-state index is -0.554. The Hall–Kier alpha value is -3.14. The van der Waals surface area contributed by atoms with Gasteiger partial charge in [-0.1, -0.05) is 18.2 Å². The molecule has 0 N–H and O–H groups in total. The van der Waals surface area contributed by atoms with Crippen LogP contribution in [0.15, 0.2) is 35.0 Å². The molecule has 2 aromatic heterocycles. The second-order valence-corrected chi connectivity index (χ2v) is 4.28. The Morgan fingerprint density at radius 1 is 1.48 bits per heavy atom. The number of furan rings is 1. The number of rotatable bonds is 3. The van der Waals surface area contributed by atoms with E-state index in [0.29, 0.717) is 11.1 Å². The van der Waals surface area contributed by atoms with E-state index in [2.05, 4.69) is 10.1 Å². The van der Waals surface area contributed by atoms with Crippen LogP contribution in [0.3, 0.4) is 0 Å². The summed E-state index contributed by atoms with van der Waals surface area (Å²) in [6.45, 7) is 0.260. The fraction of sp³-hybridized carbons (Fsp3) is 0.143. The second kappa shape index (κ2) is 5.09. The zero-order valence-electron chi connectivity index (χ0n) is 11.1. The molecule has 7 heteroatoms. The van der Waals surface area contributed by atoms with Crippen LogP contribution < -0.4 is 0 Å². The van der Waals surface area contributed by atoms with Crippen molar-refractivity contribution in [2.45, 2.75) is 6.54 Å². The van der Waals surface area contributed by atoms with Crippen LogP contribution in [0, 0.1) is 11.3 Å². The Balaban J connectivity index is 2.10. The number of hydrogen-bond acceptors (Lipinski definition) is 6. The zero-order chi connectivity index (χ0) is 14.8. The number of hydrogen-bond donors (Lipinski definition) is 0. The Bertz CT molecular complexity index is 857. The highest BCUT2D eigenvalue weighted by Gasteiger charge is 2.21. The third-order valence-corrected chi connectivity index (χ3v) is 3.03. The predicted octanol–water partition coefficient (Wildman–Crippen LogP) is 1.73. The average molecular weight is 282 g/mol. The summed E-state index contributed by atoms with van der Waals surface area (Å²) in [7, 11) is 1.29. The van der Waals surface area contributed by atoms with Gasteiger partial charge in [0.05, 0.1) is 13.7 Å². The highest BCUT2D eigenvalue weighted by Crippen LogP contribution is 2.27. The van der Waals surface area contributed by atoms with Crippen LogP contribution in [0.2, 0.25) is 0 Å². The van der Waals surface area contributed by atoms with E-state index in [1.165, 1.54) is 18.1 Å². The highest BCUT2D eigenvalue weighted by atomic mass is 16.5. The van der Waals surface area contributed by atoms with Gasteiger partial charge in [0, 0.05) is 10.9 Å². The van der Waals surface area contributed by atoms with Crippen LogP contribution in [0.4, 0.5) is 0 Å². The van der Waals surface area contributed by atoms with Crippen LogP contribution in [-0.4, -0.2) is 27.8 Å². The van der Waals surface area contributed by atoms with Crippen LogP contribution >= 0.6 is 0 Å². The van der Waals surface area contributed by atoms with Crippen molar-refractivity contribution in [1.29, 1.82) is 5.26 Å². The standard InChI is InChI=1S/C14H10N4O3/c1-20-14(19)13-10(7-18-8-16-12(6-15)17-18)9-4-2-3-5-11(9)21-13/h2-5,8H,7H2,1H3. The molecule has 0 amide bonds. The van der Waals surface area contributed by atoms with Crippen molar-refractivity contribution in [3.8, 4) is 6.07 Å². The van der Waals surface area contributed by atoms with Crippen molar-refractivity contribution in [2.75, 3.05) is 7.11 Å². The van der Waals surface area contributed by atoms with Gasteiger partial charge in [-0.3, -0.25) is 0 Å². The molecule has 0 fully saturated rings. The van der Waals surface area contributed by atoms with Gasteiger partial charge in [-0.05, 0) is 6.07 Å². The molecule has 0 bridgehead atoms. The molecule has 104 valence electrons. The molecule has 2 heterocycles. The molecule has 0 aliphatic carbocycles. The summed E-state index contributed by atoms with van der Waals surface area (Å²) in [4.78, 5) is 15.7. The van der Waals surface area contributed by atoms with Crippen molar-refractivity contribution in [3.63, 3.8) is 0 Å². The Kier molecular flexibility index (Phi) is 3.12. The lowest BCUT2D eigenvalue weighted by atomic mass is 10.1. The summed E-state index contributed by atoms with van der Waals surface area (Å²) in [6.07, 6.45) is 1.43. The van der Waals surface area contributed by atoms with Gasteiger partial charge >= 0.3 is 5.97 Å². The summed E-state index contributed by atoms with van der Waals surface area (Å²) in [5.41, 5.74) is 1.24. The molecule has 0 radical (unpaired) electrons. The molecule has 21 heavy (non-hydrogen) atoms. The summed E-state index contributed by atoms with van der Waals surface area (Å²) in [5, 5.41) is 13.5. The molecule has 0 atom stereocenters. The van der Waals surface area contributed by atoms with Gasteiger partial charge in [0.25, 0.3) is 5.82 Å². The summed E-state index contributed by atoms with van der Waals surface area (Å²) >= 11 is 0. The first-order chi connectivity index (χ1) is 10.2. The van der Waals surface area contributed by atoms with E-state index in [1.807, 2.05) is 24.3 Å². The van der Waals surface area contributed by atoms with E-state index in [1.54, 1.807) is 6.07 Å². The lowest BCUT2D eigenvalue weighted by Gasteiger charge is -2.01. The number of methoxy groups -OCH3 is 1. The van der Waals surface area contributed by atoms with Crippen molar-refractivity contribution in [3.05, 3.63) is 47.7 Å². The van der Waals surface area contributed by atoms with Gasteiger partial charge in [-0.25, -0.2) is 14.5 Å². The molecule has 7 nitrogen and oxygen atoms in total. The normalized spacial score (nSPS) is 10.5. The maximum Gasteiger partial charge on any atom is 0.374 e. The van der Waals surface area contributed by atoms with E-state index < -0.39 is 5.97 Å². The van der Waals surface area contributed by atoms with Crippen LogP contribution in [0.1, 0.15) is 21.9 Å². The average Bonchev–Trinajstić information content (AvgIpc) is 3.12. The molecule has 1 aromatic carbocycles. The number of fused-ring (bicyclic) bond motifs is 1. The number of carbonyl (C=O) groups is 1. The maximum absolute atomic E-state index is 11.8. The summed E-state index contributed by atoms with van der Waals surface area (Å²) < 4.78 is 11.8. The molecular weight excluding hydrogens is 272 g/mol. The van der Waals surface area contributed by atoms with Crippen molar-refractivity contribution >= 4 is 16.9 Å². The first-order valence-electron chi connectivity index (χ1n) is 6.11. The number of para-hydroxylation sites is 1. The molecule has 0 unspecified atom stereocenters. The van der Waals surface area contributed by atoms with Gasteiger partial charge in [0.2, 0.25) is 5.76 Å². The fourth-order valence-corrected chi connectivity index (χ4v) is 2.10. The molecule has 3 aromatic rings. The van der Waals surface area contributed by atoms with E-state index in [9.17, 15) is 4.79 Å². The molecule has 0 aliphatic rings. The fourth-order valence-electron chi connectivity index (χ4n) is 2.10. The number of ether oxygens (including phenoxy) is 1. The smallest absolute Gasteiger partial charge is 0.374 e. The maximum atomic E-state index is 11.8. The number of benzene rings is 1. The van der Waals surface area contributed by atoms with Gasteiger partial charge in [0.15, 0.2) is 0 Å². The van der Waals surface area contributed by atoms with Crippen molar-refractivity contribution < 1.29 is 13.9 Å². The lowest BCUT2D eigenvalue weighted by molar-refractivity contribution is 0.0565. The molecule has 0 saturated heterocycles. The molecular formula is C14H10N4O3. The number of carbonyl (C=O) groups excluding carboxylic acids is 1. The van der Waals surface area contributed by atoms with Crippen LogP contribution in [-0.2, 0) is 11.3 Å². The Morgan fingerprint density at radius 3 is 3.00 bits per heavy atom. The predicted molar refractivity (Wildman–Crippen MR) is 71.4 cm³/mol. The largest absolute Gasteiger partial charge is 0.463 e. The first kappa shape index (κ1) is 12.9. The number of nitrogens with zero attached hydrogens (tertiary/aromatic N) is 4. The van der Waals surface area contributed by atoms with Gasteiger partial charge < -0.3 is 9.15 Å². The van der Waals surface area contributed by atoms with E-state index in [0.717, 1.165) is 5.39 Å². The molecule has 0 aliphatic heterocycles. The molecule has 0 saturated carbocycles. The topological polar surface area (TPSA) is 93.9 Å². The number of aromatic nitrogens is 3. The minimum Gasteiger partial charge on any atom is -0.463 e. The third kappa shape index (κ3) is 2.23. The molecule has 3 rings (SSSR count). The number of nitriles is 1. The lowest BCUT2D eigenvalue weighted by Crippen LogP contribution is -2.07. The first-order valence-corrected chi connectivity index (χ1v) is 6.11. The molecule has 0 spiro atoms. The minimum absolute atomic E-state index is 0.0717. The Morgan fingerprint density at radius 2 is 2.29 bits per heavy atom. The van der Waals surface area contributed by atoms with Gasteiger partial charge in [-0.2, -0.15) is 5.26 Å². The van der Waals surface area contributed by atoms with E-state index in [-0.39, 0.29) is 18.1 Å². The SMILES string of the molecule is COC(=O)c1oc2ccccc2c1Cn1cnc(C#N)n1. The van der Waals surface area contributed by atoms with Gasteiger partial charge in [0.1, 0.15) is 18.0 Å². The third-order valence-electron chi connectivity index (χ3n) is 3.03. The monoisotopic (exact) mass is 282 g/mol. The summed E-state index contributed by atoms with van der Waals surface area (Å²) in [6, 6.07) is 9.15.